The lowest BCUT2D eigenvalue weighted by atomic mass is 10.2. The van der Waals surface area contributed by atoms with Gasteiger partial charge >= 0.3 is 0 Å². The molecule has 1 aromatic carbocycles. The molecule has 0 aliphatic rings. The molecule has 78 valence electrons. The van der Waals surface area contributed by atoms with Gasteiger partial charge in [-0.05, 0) is 37.6 Å². The average Bonchev–Trinajstić information content (AvgIpc) is 2.56. The Morgan fingerprint density at radius 1 is 1.40 bits per heavy atom. The molecule has 15 heavy (non-hydrogen) atoms. The van der Waals surface area contributed by atoms with Crippen LogP contribution >= 0.6 is 11.6 Å². The molecule has 2 rings (SSSR count). The van der Waals surface area contributed by atoms with E-state index in [0.717, 1.165) is 28.0 Å². The predicted molar refractivity (Wildman–Crippen MR) is 62.3 cm³/mol. The number of halogens is 1. The summed E-state index contributed by atoms with van der Waals surface area (Å²) >= 11 is 5.89. The fourth-order valence-corrected chi connectivity index (χ4v) is 1.79. The van der Waals surface area contributed by atoms with Gasteiger partial charge in [-0.15, -0.1) is 0 Å². The highest BCUT2D eigenvalue weighted by molar-refractivity contribution is 6.31. The summed E-state index contributed by atoms with van der Waals surface area (Å²) in [5, 5.41) is 1.83. The third-order valence-corrected chi connectivity index (χ3v) is 2.62. The first-order valence-corrected chi connectivity index (χ1v) is 5.29. The summed E-state index contributed by atoms with van der Waals surface area (Å²) in [7, 11) is 0. The Morgan fingerprint density at radius 3 is 2.93 bits per heavy atom. The van der Waals surface area contributed by atoms with Crippen molar-refractivity contribution in [3.8, 4) is 0 Å². The SMILES string of the molecule is CC(=O)CCc1cc2cc(Cl)ccc2[nH]1. The van der Waals surface area contributed by atoms with Crippen LogP contribution in [0.25, 0.3) is 10.9 Å². The molecule has 2 nitrogen and oxygen atoms in total. The number of ketones is 1. The Kier molecular flexibility index (Phi) is 2.78. The normalized spacial score (nSPS) is 10.8. The van der Waals surface area contributed by atoms with Crippen molar-refractivity contribution < 1.29 is 4.79 Å². The largest absolute Gasteiger partial charge is 0.358 e. The van der Waals surface area contributed by atoms with E-state index in [0.29, 0.717) is 6.42 Å². The van der Waals surface area contributed by atoms with Gasteiger partial charge in [-0.3, -0.25) is 0 Å². The molecule has 0 bridgehead atoms. The smallest absolute Gasteiger partial charge is 0.130 e. The van der Waals surface area contributed by atoms with Gasteiger partial charge in [0, 0.05) is 28.0 Å². The average molecular weight is 222 g/mol. The van der Waals surface area contributed by atoms with Crippen LogP contribution in [0, 0.1) is 0 Å². The fourth-order valence-electron chi connectivity index (χ4n) is 1.61. The maximum Gasteiger partial charge on any atom is 0.130 e. The van der Waals surface area contributed by atoms with Crippen LogP contribution in [0.2, 0.25) is 5.02 Å². The molecule has 1 heterocycles. The van der Waals surface area contributed by atoms with E-state index >= 15 is 0 Å². The van der Waals surface area contributed by atoms with Crippen LogP contribution in [0.3, 0.4) is 0 Å². The maximum atomic E-state index is 10.9. The van der Waals surface area contributed by atoms with Crippen molar-refractivity contribution >= 4 is 28.3 Å². The summed E-state index contributed by atoms with van der Waals surface area (Å²) in [6.45, 7) is 1.61. The molecule has 2 aromatic rings. The van der Waals surface area contributed by atoms with E-state index in [1.807, 2.05) is 24.3 Å². The van der Waals surface area contributed by atoms with E-state index in [4.69, 9.17) is 11.6 Å². The third kappa shape index (κ3) is 2.39. The first-order valence-electron chi connectivity index (χ1n) is 4.92. The molecule has 0 atom stereocenters. The molecule has 0 aliphatic carbocycles. The van der Waals surface area contributed by atoms with E-state index in [2.05, 4.69) is 4.98 Å². The molecule has 0 spiro atoms. The number of carbonyl (C=O) groups is 1. The van der Waals surface area contributed by atoms with Crippen LogP contribution in [0.15, 0.2) is 24.3 Å². The van der Waals surface area contributed by atoms with E-state index in [-0.39, 0.29) is 5.78 Å². The summed E-state index contributed by atoms with van der Waals surface area (Å²) < 4.78 is 0. The lowest BCUT2D eigenvalue weighted by Gasteiger charge is -1.92. The van der Waals surface area contributed by atoms with Crippen molar-refractivity contribution in [3.05, 3.63) is 35.0 Å². The number of carbonyl (C=O) groups excluding carboxylic acids is 1. The number of hydrogen-bond donors (Lipinski definition) is 1. The van der Waals surface area contributed by atoms with Gasteiger partial charge in [-0.2, -0.15) is 0 Å². The van der Waals surface area contributed by atoms with Gasteiger partial charge in [0.1, 0.15) is 5.78 Å². The second-order valence-electron chi connectivity index (χ2n) is 3.73. The number of rotatable bonds is 3. The second-order valence-corrected chi connectivity index (χ2v) is 4.16. The minimum absolute atomic E-state index is 0.215. The molecule has 0 amide bonds. The number of Topliss-reactive ketones (excluding diaryl/α,β-unsaturated/α-hetero) is 1. The summed E-state index contributed by atoms with van der Waals surface area (Å²) in [4.78, 5) is 14.1. The van der Waals surface area contributed by atoms with Gasteiger partial charge in [0.25, 0.3) is 0 Å². The van der Waals surface area contributed by atoms with Gasteiger partial charge in [-0.1, -0.05) is 11.6 Å². The van der Waals surface area contributed by atoms with Crippen molar-refractivity contribution in [2.45, 2.75) is 19.8 Å². The second kappa shape index (κ2) is 4.07. The topological polar surface area (TPSA) is 32.9 Å². The maximum absolute atomic E-state index is 10.9. The molecule has 1 aromatic heterocycles. The number of nitrogens with one attached hydrogen (secondary N) is 1. The van der Waals surface area contributed by atoms with Crippen molar-refractivity contribution in [1.82, 2.24) is 4.98 Å². The van der Waals surface area contributed by atoms with Crippen molar-refractivity contribution in [2.24, 2.45) is 0 Å². The van der Waals surface area contributed by atoms with Gasteiger partial charge < -0.3 is 9.78 Å². The highest BCUT2D eigenvalue weighted by Crippen LogP contribution is 2.20. The molecule has 1 N–H and O–H groups in total. The summed E-state index contributed by atoms with van der Waals surface area (Å²) in [6.07, 6.45) is 1.35. The number of aromatic nitrogens is 1. The van der Waals surface area contributed by atoms with E-state index in [1.54, 1.807) is 6.92 Å². The highest BCUT2D eigenvalue weighted by Gasteiger charge is 2.02. The van der Waals surface area contributed by atoms with Crippen LogP contribution in [-0.2, 0) is 11.2 Å². The number of fused-ring (bicyclic) bond motifs is 1. The van der Waals surface area contributed by atoms with E-state index in [1.165, 1.54) is 0 Å². The van der Waals surface area contributed by atoms with Crippen LogP contribution in [0.1, 0.15) is 19.0 Å². The Bertz CT molecular complexity index is 501. The first kappa shape index (κ1) is 10.2. The molecule has 0 saturated heterocycles. The van der Waals surface area contributed by atoms with Crippen LogP contribution in [0.5, 0.6) is 0 Å². The summed E-state index contributed by atoms with van der Waals surface area (Å²) in [6, 6.07) is 7.78. The zero-order valence-corrected chi connectivity index (χ0v) is 9.27. The summed E-state index contributed by atoms with van der Waals surface area (Å²) in [5.74, 6) is 0.215. The molecular weight excluding hydrogens is 210 g/mol. The number of aryl methyl sites for hydroxylation is 1. The van der Waals surface area contributed by atoms with E-state index in [9.17, 15) is 4.79 Å². The molecule has 3 heteroatoms. The Hall–Kier alpha value is -1.28. The zero-order chi connectivity index (χ0) is 10.8. The standard InChI is InChI=1S/C12H12ClNO/c1-8(15)2-4-11-7-9-6-10(13)3-5-12(9)14-11/h3,5-7,14H,2,4H2,1H3. The van der Waals surface area contributed by atoms with Crippen LogP contribution in [-0.4, -0.2) is 10.8 Å². The van der Waals surface area contributed by atoms with E-state index < -0.39 is 0 Å². The highest BCUT2D eigenvalue weighted by atomic mass is 35.5. The number of benzene rings is 1. The monoisotopic (exact) mass is 221 g/mol. The minimum Gasteiger partial charge on any atom is -0.358 e. The Balaban J connectivity index is 2.27. The van der Waals surface area contributed by atoms with Gasteiger partial charge in [-0.25, -0.2) is 0 Å². The Labute approximate surface area is 93.2 Å². The number of aromatic amines is 1. The molecule has 0 unspecified atom stereocenters. The predicted octanol–water partition coefficient (Wildman–Crippen LogP) is 3.34. The van der Waals surface area contributed by atoms with Crippen LogP contribution < -0.4 is 0 Å². The first-order chi connectivity index (χ1) is 7.15. The van der Waals surface area contributed by atoms with Gasteiger partial charge in [0.15, 0.2) is 0 Å². The molecule has 0 radical (unpaired) electrons. The lowest BCUT2D eigenvalue weighted by Crippen LogP contribution is -1.93. The fraction of sp³-hybridized carbons (Fsp3) is 0.250. The Morgan fingerprint density at radius 2 is 2.20 bits per heavy atom. The van der Waals surface area contributed by atoms with Crippen molar-refractivity contribution in [2.75, 3.05) is 0 Å². The molecule has 0 aliphatic heterocycles. The molecule has 0 saturated carbocycles. The van der Waals surface area contributed by atoms with Crippen LogP contribution in [0.4, 0.5) is 0 Å². The van der Waals surface area contributed by atoms with Crippen molar-refractivity contribution in [1.29, 1.82) is 0 Å². The zero-order valence-electron chi connectivity index (χ0n) is 8.51. The van der Waals surface area contributed by atoms with Gasteiger partial charge in [0.2, 0.25) is 0 Å². The molecular formula is C12H12ClNO. The number of H-pyrrole nitrogens is 1. The number of hydrogen-bond acceptors (Lipinski definition) is 1. The third-order valence-electron chi connectivity index (χ3n) is 2.38. The summed E-state index contributed by atoms with van der Waals surface area (Å²) in [5.41, 5.74) is 2.15. The lowest BCUT2D eigenvalue weighted by molar-refractivity contribution is -0.116. The minimum atomic E-state index is 0.215. The quantitative estimate of drug-likeness (QED) is 0.847. The molecule has 0 fully saturated rings. The van der Waals surface area contributed by atoms with Gasteiger partial charge in [0.05, 0.1) is 0 Å². The van der Waals surface area contributed by atoms with Crippen molar-refractivity contribution in [3.63, 3.8) is 0 Å².